The minimum atomic E-state index is -3.92. The van der Waals surface area contributed by atoms with Crippen LogP contribution in [-0.2, 0) is 10.1 Å². The van der Waals surface area contributed by atoms with Crippen molar-refractivity contribution < 1.29 is 12.6 Å². The topological polar surface area (TPSA) is 43.4 Å². The smallest absolute Gasteiger partial charge is 0.339 e. The summed E-state index contributed by atoms with van der Waals surface area (Å²) in [6.07, 6.45) is 0. The van der Waals surface area contributed by atoms with Gasteiger partial charge in [0.15, 0.2) is 5.75 Å². The molecule has 2 aromatic rings. The predicted octanol–water partition coefficient (Wildman–Crippen LogP) is 4.37. The highest BCUT2D eigenvalue weighted by Crippen LogP contribution is 2.30. The summed E-state index contributed by atoms with van der Waals surface area (Å²) in [4.78, 5) is 0.0592. The van der Waals surface area contributed by atoms with Gasteiger partial charge in [-0.15, -0.1) is 0 Å². The molecule has 0 saturated carbocycles. The van der Waals surface area contributed by atoms with Crippen LogP contribution in [0.2, 0.25) is 10.0 Å². The van der Waals surface area contributed by atoms with Crippen LogP contribution in [0.1, 0.15) is 0 Å². The first-order chi connectivity index (χ1) is 8.88. The lowest BCUT2D eigenvalue weighted by Gasteiger charge is -2.08. The highest BCUT2D eigenvalue weighted by molar-refractivity contribution is 14.1. The SMILES string of the molecule is O=S(=O)(Oc1cc(Cl)ccc1Cl)c1ccc(I)cc1. The average molecular weight is 429 g/mol. The molecule has 0 bridgehead atoms. The van der Waals surface area contributed by atoms with Crippen LogP contribution >= 0.6 is 45.8 Å². The molecule has 0 amide bonds. The van der Waals surface area contributed by atoms with Crippen molar-refractivity contribution in [2.24, 2.45) is 0 Å². The Morgan fingerprint density at radius 2 is 1.63 bits per heavy atom. The van der Waals surface area contributed by atoms with Gasteiger partial charge in [-0.2, -0.15) is 8.42 Å². The molecular formula is C12H7Cl2IO3S. The standard InChI is InChI=1S/C12H7Cl2IO3S/c13-8-1-6-11(14)12(7-8)18-19(16,17)10-4-2-9(15)3-5-10/h1-7H. The highest BCUT2D eigenvalue weighted by Gasteiger charge is 2.18. The summed E-state index contributed by atoms with van der Waals surface area (Å²) >= 11 is 13.7. The summed E-state index contributed by atoms with van der Waals surface area (Å²) in [5, 5.41) is 0.524. The lowest BCUT2D eigenvalue weighted by atomic mass is 10.3. The molecule has 0 aliphatic heterocycles. The quantitative estimate of drug-likeness (QED) is 0.538. The van der Waals surface area contributed by atoms with E-state index in [1.807, 2.05) is 0 Å². The summed E-state index contributed by atoms with van der Waals surface area (Å²) in [5.74, 6) is 0.00715. The number of rotatable bonds is 3. The second-order valence-electron chi connectivity index (χ2n) is 3.57. The molecule has 0 N–H and O–H groups in total. The molecule has 0 unspecified atom stereocenters. The molecule has 0 aliphatic carbocycles. The Kier molecular flexibility index (Phi) is 4.60. The normalized spacial score (nSPS) is 11.3. The third-order valence-electron chi connectivity index (χ3n) is 2.20. The fourth-order valence-corrected chi connectivity index (χ4v) is 2.97. The molecule has 2 rings (SSSR count). The largest absolute Gasteiger partial charge is 0.377 e. The van der Waals surface area contributed by atoms with Crippen molar-refractivity contribution in [3.63, 3.8) is 0 Å². The molecule has 0 aromatic heterocycles. The first-order valence-corrected chi connectivity index (χ1v) is 8.28. The Labute approximate surface area is 134 Å². The maximum absolute atomic E-state index is 12.1. The maximum atomic E-state index is 12.1. The van der Waals surface area contributed by atoms with E-state index in [0.717, 1.165) is 3.57 Å². The van der Waals surface area contributed by atoms with Crippen LogP contribution in [0.25, 0.3) is 0 Å². The van der Waals surface area contributed by atoms with Crippen LogP contribution in [0.3, 0.4) is 0 Å². The van der Waals surface area contributed by atoms with Gasteiger partial charge in [-0.1, -0.05) is 23.2 Å². The van der Waals surface area contributed by atoms with Gasteiger partial charge in [0.2, 0.25) is 0 Å². The molecule has 7 heteroatoms. The van der Waals surface area contributed by atoms with Crippen molar-refractivity contribution in [1.29, 1.82) is 0 Å². The molecule has 2 aromatic carbocycles. The highest BCUT2D eigenvalue weighted by atomic mass is 127. The van der Waals surface area contributed by atoms with Crippen LogP contribution < -0.4 is 4.18 Å². The van der Waals surface area contributed by atoms with Gasteiger partial charge < -0.3 is 4.18 Å². The summed E-state index contributed by atoms with van der Waals surface area (Å²) in [7, 11) is -3.92. The van der Waals surface area contributed by atoms with E-state index in [1.165, 1.54) is 24.3 Å². The van der Waals surface area contributed by atoms with E-state index in [0.29, 0.717) is 5.02 Å². The molecule has 0 spiro atoms. The van der Waals surface area contributed by atoms with E-state index in [4.69, 9.17) is 27.4 Å². The second-order valence-corrected chi connectivity index (χ2v) is 7.20. The van der Waals surface area contributed by atoms with E-state index < -0.39 is 10.1 Å². The fourth-order valence-electron chi connectivity index (χ4n) is 1.31. The molecule has 0 saturated heterocycles. The number of hydrogen-bond acceptors (Lipinski definition) is 3. The first kappa shape index (κ1) is 14.9. The summed E-state index contributed by atoms with van der Waals surface area (Å²) < 4.78 is 30.0. The lowest BCUT2D eigenvalue weighted by Crippen LogP contribution is -2.10. The minimum absolute atomic E-state index is 0.00715. The zero-order valence-electron chi connectivity index (χ0n) is 9.31. The summed E-state index contributed by atoms with van der Waals surface area (Å²) in [5.41, 5.74) is 0. The maximum Gasteiger partial charge on any atom is 0.339 e. The summed E-state index contributed by atoms with van der Waals surface area (Å²) in [6.45, 7) is 0. The van der Waals surface area contributed by atoms with Gasteiger partial charge in [0, 0.05) is 14.7 Å². The molecule has 100 valence electrons. The Balaban J connectivity index is 2.36. The average Bonchev–Trinajstić information content (AvgIpc) is 2.34. The van der Waals surface area contributed by atoms with Crippen molar-refractivity contribution in [2.75, 3.05) is 0 Å². The molecule has 0 atom stereocenters. The third-order valence-corrected chi connectivity index (χ3v) is 4.71. The zero-order chi connectivity index (χ0) is 14.0. The van der Waals surface area contributed by atoms with Crippen LogP contribution in [0, 0.1) is 3.57 Å². The number of benzene rings is 2. The second kappa shape index (κ2) is 5.87. The molecule has 0 heterocycles. The van der Waals surface area contributed by atoms with Gasteiger partial charge in [0.25, 0.3) is 0 Å². The van der Waals surface area contributed by atoms with Crippen molar-refractivity contribution in [3.05, 3.63) is 56.1 Å². The van der Waals surface area contributed by atoms with E-state index in [1.54, 1.807) is 18.2 Å². The van der Waals surface area contributed by atoms with E-state index in [2.05, 4.69) is 22.6 Å². The van der Waals surface area contributed by atoms with Crippen molar-refractivity contribution in [2.45, 2.75) is 4.90 Å². The molecular weight excluding hydrogens is 422 g/mol. The first-order valence-electron chi connectivity index (χ1n) is 5.03. The molecule has 0 fully saturated rings. The van der Waals surface area contributed by atoms with Crippen LogP contribution in [0.5, 0.6) is 5.75 Å². The van der Waals surface area contributed by atoms with Gasteiger partial charge in [-0.3, -0.25) is 0 Å². The van der Waals surface area contributed by atoms with Crippen molar-refractivity contribution in [3.8, 4) is 5.75 Å². The zero-order valence-corrected chi connectivity index (χ0v) is 13.8. The van der Waals surface area contributed by atoms with Gasteiger partial charge in [0.1, 0.15) is 4.90 Å². The van der Waals surface area contributed by atoms with Crippen molar-refractivity contribution in [1.82, 2.24) is 0 Å². The number of halogens is 3. The molecule has 3 nitrogen and oxygen atoms in total. The fraction of sp³-hybridized carbons (Fsp3) is 0. The Hall–Kier alpha value is -0.500. The van der Waals surface area contributed by atoms with E-state index in [-0.39, 0.29) is 15.7 Å². The molecule has 19 heavy (non-hydrogen) atoms. The van der Waals surface area contributed by atoms with Crippen LogP contribution in [0.15, 0.2) is 47.4 Å². The minimum Gasteiger partial charge on any atom is -0.377 e. The van der Waals surface area contributed by atoms with Crippen LogP contribution in [-0.4, -0.2) is 8.42 Å². The van der Waals surface area contributed by atoms with Gasteiger partial charge >= 0.3 is 10.1 Å². The van der Waals surface area contributed by atoms with Gasteiger partial charge in [-0.05, 0) is 59.0 Å². The van der Waals surface area contributed by atoms with Gasteiger partial charge in [0.05, 0.1) is 5.02 Å². The Morgan fingerprint density at radius 3 is 2.26 bits per heavy atom. The van der Waals surface area contributed by atoms with Gasteiger partial charge in [-0.25, -0.2) is 0 Å². The monoisotopic (exact) mass is 428 g/mol. The van der Waals surface area contributed by atoms with E-state index >= 15 is 0 Å². The van der Waals surface area contributed by atoms with Crippen molar-refractivity contribution >= 4 is 55.9 Å². The van der Waals surface area contributed by atoms with E-state index in [9.17, 15) is 8.42 Å². The Morgan fingerprint density at radius 1 is 1.00 bits per heavy atom. The predicted molar refractivity (Wildman–Crippen MR) is 83.4 cm³/mol. The molecule has 0 radical (unpaired) electrons. The van der Waals surface area contributed by atoms with Crippen LogP contribution in [0.4, 0.5) is 0 Å². The third kappa shape index (κ3) is 3.75. The lowest BCUT2D eigenvalue weighted by molar-refractivity contribution is 0.486. The summed E-state index contributed by atoms with van der Waals surface area (Å²) in [6, 6.07) is 10.7. The molecule has 0 aliphatic rings. The Bertz CT molecular complexity index is 699. The number of hydrogen-bond donors (Lipinski definition) is 0.